The third-order valence-corrected chi connectivity index (χ3v) is 10.8. The number of amidine groups is 1. The van der Waals surface area contributed by atoms with Gasteiger partial charge in [0.15, 0.2) is 0 Å². The van der Waals surface area contributed by atoms with Gasteiger partial charge in [-0.15, -0.1) is 17.7 Å². The van der Waals surface area contributed by atoms with E-state index in [0.29, 0.717) is 0 Å². The Bertz CT molecular complexity index is 2250. The number of para-hydroxylation sites is 2. The number of nitrogens with zero attached hydrogens (tertiary/aromatic N) is 4. The number of fused-ring (bicyclic) bond motifs is 3. The second-order valence-corrected chi connectivity index (χ2v) is 20.8. The average Bonchev–Trinajstić information content (AvgIpc) is 3.73. The zero-order valence-corrected chi connectivity index (χ0v) is 39.2. The first kappa shape index (κ1) is 44.0. The molecular weight excluding hydrogens is 878 g/mol. The summed E-state index contributed by atoms with van der Waals surface area (Å²) in [4.78, 5) is 6.80. The van der Waals surface area contributed by atoms with Crippen LogP contribution in [0.4, 0.5) is 11.4 Å². The summed E-state index contributed by atoms with van der Waals surface area (Å²) >= 11 is 0. The van der Waals surface area contributed by atoms with E-state index in [-0.39, 0.29) is 49.5 Å². The number of hydrazone groups is 1. The summed E-state index contributed by atoms with van der Waals surface area (Å²) in [5.41, 5.74) is 12.3. The van der Waals surface area contributed by atoms with Gasteiger partial charge in [0.25, 0.3) is 0 Å². The molecule has 5 aromatic carbocycles. The fraction of sp³-hybridized carbons (Fsp3) is 0.385. The summed E-state index contributed by atoms with van der Waals surface area (Å²) in [6.07, 6.45) is 0. The Morgan fingerprint density at radius 3 is 1.19 bits per heavy atom. The topological polar surface area (TPSA) is 32.9 Å². The van der Waals surface area contributed by atoms with Crippen molar-refractivity contribution in [2.24, 2.45) is 5.10 Å². The third kappa shape index (κ3) is 9.97. The van der Waals surface area contributed by atoms with E-state index in [1.54, 1.807) is 0 Å². The normalized spacial score (nSPS) is 14.1. The first-order valence-electron chi connectivity index (χ1n) is 20.2. The molecule has 0 unspecified atom stereocenters. The van der Waals surface area contributed by atoms with E-state index in [9.17, 15) is 0 Å². The van der Waals surface area contributed by atoms with Crippen LogP contribution in [0.5, 0.6) is 0 Å². The monoisotopic (exact) mass is 941 g/mol. The Morgan fingerprint density at radius 1 is 0.439 bits per heavy atom. The molecule has 1 aliphatic heterocycles. The van der Waals surface area contributed by atoms with Gasteiger partial charge in [-0.25, -0.2) is 0 Å². The van der Waals surface area contributed by atoms with Crippen LogP contribution in [0.1, 0.15) is 137 Å². The van der Waals surface area contributed by atoms with Crippen molar-refractivity contribution in [3.8, 4) is 0 Å². The van der Waals surface area contributed by atoms with E-state index in [1.807, 2.05) is 12.1 Å². The fourth-order valence-electron chi connectivity index (χ4n) is 6.92. The molecule has 1 aliphatic rings. The largest absolute Gasteiger partial charge is 0.657 e. The zero-order valence-electron chi connectivity index (χ0n) is 37.1. The maximum absolute atomic E-state index is 5.33. The van der Waals surface area contributed by atoms with Gasteiger partial charge < -0.3 is 14.9 Å². The molecule has 4 nitrogen and oxygen atoms in total. The van der Waals surface area contributed by atoms with Crippen molar-refractivity contribution in [3.63, 3.8) is 0 Å². The van der Waals surface area contributed by atoms with E-state index in [4.69, 9.17) is 5.10 Å². The first-order chi connectivity index (χ1) is 25.9. The van der Waals surface area contributed by atoms with Crippen LogP contribution in [-0.2, 0) is 49.5 Å². The molecule has 57 heavy (non-hydrogen) atoms. The standard InChI is InChI=1S/C40H56N3.C12H8N.Au/c1-36(2,3)28-18-16-27(17-19-28)35-41-43(34-24-31(39(10,11)12)21-32(25-34)40(13,14)15)26-42(35)33-22-29(37(4,5)6)20-30(23-33)38(7,8)9;1-3-7-11-9(5-1)10-6-2-4-8-12(10)13-11;/h16-26H,1-15H3;1-8H;/q2*-1;. The van der Waals surface area contributed by atoms with Gasteiger partial charge >= 0.3 is 0 Å². The smallest absolute Gasteiger partial charge is 0.129 e. The number of anilines is 2. The molecule has 0 N–H and O–H groups in total. The summed E-state index contributed by atoms with van der Waals surface area (Å²) in [5, 5.41) is 9.91. The molecule has 1 aromatic heterocycles. The quantitative estimate of drug-likeness (QED) is 0.131. The minimum Gasteiger partial charge on any atom is -0.657 e. The van der Waals surface area contributed by atoms with Gasteiger partial charge in [-0.2, -0.15) is 5.10 Å². The third-order valence-electron chi connectivity index (χ3n) is 10.8. The Morgan fingerprint density at radius 2 is 0.807 bits per heavy atom. The van der Waals surface area contributed by atoms with E-state index < -0.39 is 0 Å². The van der Waals surface area contributed by atoms with Crippen molar-refractivity contribution in [3.05, 3.63) is 149 Å². The van der Waals surface area contributed by atoms with Crippen molar-refractivity contribution >= 4 is 39.0 Å². The van der Waals surface area contributed by atoms with Gasteiger partial charge in [-0.05, 0) is 89.9 Å². The fourth-order valence-corrected chi connectivity index (χ4v) is 6.92. The molecule has 0 aliphatic carbocycles. The van der Waals surface area contributed by atoms with Crippen LogP contribution >= 0.6 is 0 Å². The van der Waals surface area contributed by atoms with Gasteiger partial charge in [0.05, 0.1) is 0 Å². The maximum atomic E-state index is 5.33. The molecule has 0 atom stereocenters. The molecule has 0 fully saturated rings. The van der Waals surface area contributed by atoms with E-state index >= 15 is 0 Å². The van der Waals surface area contributed by atoms with Crippen molar-refractivity contribution in [2.45, 2.75) is 131 Å². The Hall–Kier alpha value is -4.09. The van der Waals surface area contributed by atoms with E-state index in [1.165, 1.54) is 38.6 Å². The molecular formula is C52H64AuN4-2. The number of benzene rings is 5. The van der Waals surface area contributed by atoms with Gasteiger partial charge in [-0.3, -0.25) is 0 Å². The van der Waals surface area contributed by atoms with Gasteiger partial charge in [0.2, 0.25) is 0 Å². The summed E-state index contributed by atoms with van der Waals surface area (Å²) in [6.45, 7) is 36.5. The molecule has 0 bridgehead atoms. The molecule has 0 saturated carbocycles. The molecule has 5 heteroatoms. The van der Waals surface area contributed by atoms with Gasteiger partial charge in [-0.1, -0.05) is 189 Å². The van der Waals surface area contributed by atoms with Crippen LogP contribution < -0.4 is 14.9 Å². The molecule has 6 aromatic rings. The number of hydrogen-bond donors (Lipinski definition) is 0. The Kier molecular flexibility index (Phi) is 12.3. The summed E-state index contributed by atoms with van der Waals surface area (Å²) in [6, 6.07) is 39.5. The molecule has 2 heterocycles. The average molecular weight is 942 g/mol. The van der Waals surface area contributed by atoms with E-state index in [0.717, 1.165) is 33.8 Å². The van der Waals surface area contributed by atoms with Gasteiger partial charge in [0, 0.05) is 39.3 Å². The summed E-state index contributed by atoms with van der Waals surface area (Å²) in [5.74, 6) is 0.935. The summed E-state index contributed by atoms with van der Waals surface area (Å²) in [7, 11) is 0. The molecule has 0 spiro atoms. The van der Waals surface area contributed by atoms with Crippen LogP contribution in [0.2, 0.25) is 0 Å². The van der Waals surface area contributed by atoms with E-state index in [2.05, 4.69) is 222 Å². The minimum absolute atomic E-state index is 0. The molecule has 0 saturated heterocycles. The van der Waals surface area contributed by atoms with Crippen LogP contribution in [0, 0.1) is 6.67 Å². The Balaban J connectivity index is 0.000000369. The van der Waals surface area contributed by atoms with Crippen molar-refractivity contribution in [2.75, 3.05) is 9.91 Å². The van der Waals surface area contributed by atoms with Crippen LogP contribution in [0.15, 0.2) is 114 Å². The first-order valence-corrected chi connectivity index (χ1v) is 20.2. The van der Waals surface area contributed by atoms with Crippen LogP contribution in [0.25, 0.3) is 21.8 Å². The second kappa shape index (κ2) is 15.9. The van der Waals surface area contributed by atoms with Crippen molar-refractivity contribution in [1.29, 1.82) is 0 Å². The second-order valence-electron chi connectivity index (χ2n) is 20.8. The number of hydrogen-bond acceptors (Lipinski definition) is 3. The van der Waals surface area contributed by atoms with Crippen LogP contribution in [-0.4, -0.2) is 5.84 Å². The van der Waals surface area contributed by atoms with Crippen molar-refractivity contribution < 1.29 is 22.4 Å². The van der Waals surface area contributed by atoms with Gasteiger partial charge in [0.1, 0.15) is 5.84 Å². The predicted molar refractivity (Wildman–Crippen MR) is 243 cm³/mol. The van der Waals surface area contributed by atoms with Crippen molar-refractivity contribution in [1.82, 2.24) is 4.98 Å². The zero-order chi connectivity index (χ0) is 41.0. The number of rotatable bonds is 3. The number of aromatic nitrogens is 1. The Labute approximate surface area is 359 Å². The molecule has 7 rings (SSSR count). The molecule has 1 radical (unpaired) electrons. The SMILES string of the molecule is CC(C)(C)c1ccc(C2=NN(c3cc(C(C)(C)C)cc(C(C)(C)C)c3)[CH-]N2c2cc(C(C)(C)C)cc(C(C)(C)C)c2)cc1.[Au].c1ccc2c(c1)[n-]c1ccccc12. The molecule has 305 valence electrons. The predicted octanol–water partition coefficient (Wildman–Crippen LogP) is 13.9. The molecule has 0 amide bonds. The minimum atomic E-state index is 0. The van der Waals surface area contributed by atoms with Crippen LogP contribution in [0.3, 0.4) is 0 Å². The summed E-state index contributed by atoms with van der Waals surface area (Å²) < 4.78 is 0. The maximum Gasteiger partial charge on any atom is 0.129 e.